The molecule has 1 aliphatic heterocycles. The van der Waals surface area contributed by atoms with Gasteiger partial charge in [-0.25, -0.2) is 0 Å². The van der Waals surface area contributed by atoms with Crippen molar-refractivity contribution >= 4 is 5.69 Å². The topological polar surface area (TPSA) is 29.9 Å². The van der Waals surface area contributed by atoms with Crippen LogP contribution >= 0.6 is 0 Å². The molecule has 3 heteroatoms. The molecule has 0 aliphatic carbocycles. The van der Waals surface area contributed by atoms with Crippen LogP contribution in [0.25, 0.3) is 0 Å². The molecule has 1 aromatic heterocycles. The average molecular weight is 241 g/mol. The fourth-order valence-electron chi connectivity index (χ4n) is 2.55. The number of hydrogen-bond acceptors (Lipinski definition) is 2. The minimum Gasteiger partial charge on any atom is -0.385 e. The standard InChI is InChI=1S/C15H19N3/c1-18-11-13(10-17-18)5-4-12-6-7-14-3-2-8-16-15(14)9-12/h6-7,9-11,16H,2-5,8H2,1H3. The average Bonchev–Trinajstić information content (AvgIpc) is 2.82. The van der Waals surface area contributed by atoms with Crippen molar-refractivity contribution < 1.29 is 0 Å². The lowest BCUT2D eigenvalue weighted by atomic mass is 9.99. The lowest BCUT2D eigenvalue weighted by Gasteiger charge is -2.18. The molecule has 0 radical (unpaired) electrons. The van der Waals surface area contributed by atoms with Crippen molar-refractivity contribution in [3.05, 3.63) is 47.3 Å². The van der Waals surface area contributed by atoms with Gasteiger partial charge in [-0.05, 0) is 48.4 Å². The van der Waals surface area contributed by atoms with Gasteiger partial charge >= 0.3 is 0 Å². The predicted molar refractivity (Wildman–Crippen MR) is 73.9 cm³/mol. The lowest BCUT2D eigenvalue weighted by molar-refractivity contribution is 0.766. The third kappa shape index (κ3) is 2.40. The number of nitrogens with zero attached hydrogens (tertiary/aromatic N) is 2. The Kier molecular flexibility index (Phi) is 3.05. The zero-order chi connectivity index (χ0) is 12.4. The molecule has 0 fully saturated rings. The highest BCUT2D eigenvalue weighted by Crippen LogP contribution is 2.23. The molecular weight excluding hydrogens is 222 g/mol. The Balaban J connectivity index is 1.69. The fourth-order valence-corrected chi connectivity index (χ4v) is 2.55. The maximum absolute atomic E-state index is 4.20. The molecule has 1 aliphatic rings. The Morgan fingerprint density at radius 1 is 1.28 bits per heavy atom. The van der Waals surface area contributed by atoms with Gasteiger partial charge in [0.1, 0.15) is 0 Å². The Morgan fingerprint density at radius 3 is 3.00 bits per heavy atom. The number of hydrogen-bond donors (Lipinski definition) is 1. The first kappa shape index (κ1) is 11.3. The van der Waals surface area contributed by atoms with Crippen molar-refractivity contribution in [3.8, 4) is 0 Å². The van der Waals surface area contributed by atoms with Gasteiger partial charge in [-0.1, -0.05) is 12.1 Å². The number of fused-ring (bicyclic) bond motifs is 1. The molecule has 18 heavy (non-hydrogen) atoms. The summed E-state index contributed by atoms with van der Waals surface area (Å²) in [6.45, 7) is 1.11. The van der Waals surface area contributed by atoms with Gasteiger partial charge in [0.15, 0.2) is 0 Å². The van der Waals surface area contributed by atoms with Crippen molar-refractivity contribution in [1.29, 1.82) is 0 Å². The Bertz CT molecular complexity index is 542. The van der Waals surface area contributed by atoms with Gasteiger partial charge in [-0.2, -0.15) is 5.10 Å². The first-order valence-electron chi connectivity index (χ1n) is 6.64. The van der Waals surface area contributed by atoms with E-state index in [1.54, 1.807) is 0 Å². The number of benzene rings is 1. The summed E-state index contributed by atoms with van der Waals surface area (Å²) in [6.07, 6.45) is 8.66. The highest BCUT2D eigenvalue weighted by Gasteiger charge is 2.08. The summed E-state index contributed by atoms with van der Waals surface area (Å²) in [7, 11) is 1.96. The summed E-state index contributed by atoms with van der Waals surface area (Å²) in [4.78, 5) is 0. The third-order valence-electron chi connectivity index (χ3n) is 3.57. The smallest absolute Gasteiger partial charge is 0.0521 e. The van der Waals surface area contributed by atoms with Crippen molar-refractivity contribution in [1.82, 2.24) is 9.78 Å². The Labute approximate surface area is 108 Å². The van der Waals surface area contributed by atoms with Crippen molar-refractivity contribution in [2.75, 3.05) is 11.9 Å². The van der Waals surface area contributed by atoms with Crippen molar-refractivity contribution in [2.24, 2.45) is 7.05 Å². The van der Waals surface area contributed by atoms with Gasteiger partial charge in [0, 0.05) is 25.5 Å². The molecule has 0 bridgehead atoms. The Morgan fingerprint density at radius 2 is 2.17 bits per heavy atom. The zero-order valence-corrected chi connectivity index (χ0v) is 10.8. The summed E-state index contributed by atoms with van der Waals surface area (Å²) in [6, 6.07) is 6.85. The van der Waals surface area contributed by atoms with E-state index in [0.717, 1.165) is 19.4 Å². The molecule has 3 rings (SSSR count). The number of aryl methyl sites for hydroxylation is 4. The summed E-state index contributed by atoms with van der Waals surface area (Å²) in [5.74, 6) is 0. The molecule has 94 valence electrons. The van der Waals surface area contributed by atoms with Crippen LogP contribution in [0, 0.1) is 0 Å². The molecule has 0 saturated carbocycles. The van der Waals surface area contributed by atoms with E-state index in [0.29, 0.717) is 0 Å². The van der Waals surface area contributed by atoms with E-state index in [-0.39, 0.29) is 0 Å². The Hall–Kier alpha value is -1.77. The summed E-state index contributed by atoms with van der Waals surface area (Å²) in [5, 5.41) is 7.69. The summed E-state index contributed by atoms with van der Waals surface area (Å²) >= 11 is 0. The van der Waals surface area contributed by atoms with E-state index >= 15 is 0 Å². The second-order valence-electron chi connectivity index (χ2n) is 5.04. The van der Waals surface area contributed by atoms with Crippen LogP contribution in [0.4, 0.5) is 5.69 Å². The van der Waals surface area contributed by atoms with Gasteiger partial charge in [-0.15, -0.1) is 0 Å². The first-order chi connectivity index (χ1) is 8.81. The van der Waals surface area contributed by atoms with E-state index < -0.39 is 0 Å². The molecular formula is C15H19N3. The van der Waals surface area contributed by atoms with Crippen LogP contribution in [0.1, 0.15) is 23.1 Å². The zero-order valence-electron chi connectivity index (χ0n) is 10.8. The number of rotatable bonds is 3. The number of anilines is 1. The van der Waals surface area contributed by atoms with Crippen LogP contribution in [0.2, 0.25) is 0 Å². The minimum absolute atomic E-state index is 1.06. The van der Waals surface area contributed by atoms with Gasteiger partial charge in [0.2, 0.25) is 0 Å². The molecule has 0 unspecified atom stereocenters. The van der Waals surface area contributed by atoms with E-state index in [4.69, 9.17) is 0 Å². The summed E-state index contributed by atoms with van der Waals surface area (Å²) < 4.78 is 1.86. The predicted octanol–water partition coefficient (Wildman–Crippen LogP) is 2.56. The molecule has 1 aromatic carbocycles. The number of aromatic nitrogens is 2. The first-order valence-corrected chi connectivity index (χ1v) is 6.64. The fraction of sp³-hybridized carbons (Fsp3) is 0.400. The maximum atomic E-state index is 4.20. The van der Waals surface area contributed by atoms with Gasteiger partial charge in [-0.3, -0.25) is 4.68 Å². The second kappa shape index (κ2) is 4.84. The monoisotopic (exact) mass is 241 g/mol. The second-order valence-corrected chi connectivity index (χ2v) is 5.04. The van der Waals surface area contributed by atoms with Crippen molar-refractivity contribution in [3.63, 3.8) is 0 Å². The van der Waals surface area contributed by atoms with Crippen LogP contribution in [-0.2, 0) is 26.3 Å². The van der Waals surface area contributed by atoms with Crippen LogP contribution in [0.5, 0.6) is 0 Å². The SMILES string of the molecule is Cn1cc(CCc2ccc3c(c2)NCCC3)cn1. The highest BCUT2D eigenvalue weighted by molar-refractivity contribution is 5.55. The minimum atomic E-state index is 1.06. The normalized spacial score (nSPS) is 14.1. The van der Waals surface area contributed by atoms with E-state index in [1.807, 2.05) is 17.9 Å². The van der Waals surface area contributed by atoms with Crippen LogP contribution in [0.15, 0.2) is 30.6 Å². The molecule has 1 N–H and O–H groups in total. The summed E-state index contributed by atoms with van der Waals surface area (Å²) in [5.41, 5.74) is 5.52. The van der Waals surface area contributed by atoms with Crippen LogP contribution in [0.3, 0.4) is 0 Å². The quantitative estimate of drug-likeness (QED) is 0.895. The van der Waals surface area contributed by atoms with Gasteiger partial charge in [0.05, 0.1) is 6.20 Å². The number of nitrogens with one attached hydrogen (secondary N) is 1. The third-order valence-corrected chi connectivity index (χ3v) is 3.57. The van der Waals surface area contributed by atoms with Crippen molar-refractivity contribution in [2.45, 2.75) is 25.7 Å². The largest absolute Gasteiger partial charge is 0.385 e. The van der Waals surface area contributed by atoms with E-state index in [1.165, 1.54) is 35.2 Å². The van der Waals surface area contributed by atoms with E-state index in [9.17, 15) is 0 Å². The van der Waals surface area contributed by atoms with Gasteiger partial charge in [0.25, 0.3) is 0 Å². The molecule has 0 saturated heterocycles. The molecule has 0 atom stereocenters. The molecule has 3 nitrogen and oxygen atoms in total. The molecule has 2 aromatic rings. The molecule has 0 amide bonds. The molecule has 0 spiro atoms. The van der Waals surface area contributed by atoms with Gasteiger partial charge < -0.3 is 5.32 Å². The lowest BCUT2D eigenvalue weighted by Crippen LogP contribution is -2.11. The van der Waals surface area contributed by atoms with Crippen LogP contribution in [-0.4, -0.2) is 16.3 Å². The molecule has 2 heterocycles. The maximum Gasteiger partial charge on any atom is 0.0521 e. The van der Waals surface area contributed by atoms with Crippen LogP contribution < -0.4 is 5.32 Å². The van der Waals surface area contributed by atoms with E-state index in [2.05, 4.69) is 34.8 Å². The highest BCUT2D eigenvalue weighted by atomic mass is 15.2.